The number of nitrogens with zero attached hydrogens (tertiary/aromatic N) is 4. The Kier molecular flexibility index (Phi) is 5.05. The first-order valence-electron chi connectivity index (χ1n) is 9.83. The minimum absolute atomic E-state index is 0.316. The second-order valence-corrected chi connectivity index (χ2v) is 8.70. The van der Waals surface area contributed by atoms with Gasteiger partial charge in [0.15, 0.2) is 0 Å². The summed E-state index contributed by atoms with van der Waals surface area (Å²) < 4.78 is 1.93. The third-order valence-corrected chi connectivity index (χ3v) is 6.64. The van der Waals surface area contributed by atoms with Gasteiger partial charge in [-0.25, -0.2) is 0 Å². The van der Waals surface area contributed by atoms with E-state index in [9.17, 15) is 4.79 Å². The Hall–Kier alpha value is -1.07. The highest BCUT2D eigenvalue weighted by molar-refractivity contribution is 6.30. The van der Waals surface area contributed by atoms with Crippen molar-refractivity contribution in [2.45, 2.75) is 64.0 Å². The summed E-state index contributed by atoms with van der Waals surface area (Å²) in [6, 6.07) is 0.520. The molecule has 3 aliphatic rings. The number of carbonyl (C=O) groups is 1. The van der Waals surface area contributed by atoms with E-state index in [1.165, 1.54) is 38.5 Å². The van der Waals surface area contributed by atoms with Gasteiger partial charge in [-0.05, 0) is 38.6 Å². The second kappa shape index (κ2) is 7.28. The molecule has 3 fully saturated rings. The number of amides is 1. The quantitative estimate of drug-likeness (QED) is 0.823. The lowest BCUT2D eigenvalue weighted by Crippen LogP contribution is -2.56. The van der Waals surface area contributed by atoms with Crippen LogP contribution in [0.2, 0.25) is 5.02 Å². The molecule has 4 rings (SSSR count). The number of carbonyl (C=O) groups excluding carboxylic acids is 1. The summed E-state index contributed by atoms with van der Waals surface area (Å²) in [6.45, 7) is 5.17. The monoisotopic (exact) mass is 364 g/mol. The average molecular weight is 365 g/mol. The largest absolute Gasteiger partial charge is 0.339 e. The van der Waals surface area contributed by atoms with Crippen LogP contribution in [0.1, 0.15) is 51.4 Å². The molecule has 6 heteroatoms. The van der Waals surface area contributed by atoms with Crippen LogP contribution < -0.4 is 0 Å². The van der Waals surface area contributed by atoms with Gasteiger partial charge in [-0.3, -0.25) is 9.48 Å². The van der Waals surface area contributed by atoms with Crippen molar-refractivity contribution in [3.63, 3.8) is 0 Å². The summed E-state index contributed by atoms with van der Waals surface area (Å²) in [7, 11) is 0. The predicted molar refractivity (Wildman–Crippen MR) is 98.5 cm³/mol. The van der Waals surface area contributed by atoms with Gasteiger partial charge in [0.05, 0.1) is 17.8 Å². The van der Waals surface area contributed by atoms with Crippen LogP contribution in [0.5, 0.6) is 0 Å². The van der Waals surface area contributed by atoms with Crippen LogP contribution in [0.25, 0.3) is 0 Å². The minimum atomic E-state index is 0.316. The third-order valence-electron chi connectivity index (χ3n) is 6.45. The fourth-order valence-electron chi connectivity index (χ4n) is 5.13. The number of likely N-dealkylation sites (tertiary alicyclic amines) is 2. The van der Waals surface area contributed by atoms with Crippen molar-refractivity contribution in [1.29, 1.82) is 0 Å². The van der Waals surface area contributed by atoms with Crippen molar-refractivity contribution in [3.8, 4) is 0 Å². The molecule has 2 aliphatic heterocycles. The minimum Gasteiger partial charge on any atom is -0.339 e. The zero-order valence-corrected chi connectivity index (χ0v) is 15.8. The van der Waals surface area contributed by atoms with Crippen LogP contribution in [0.4, 0.5) is 0 Å². The molecule has 3 heterocycles. The number of hydrogen-bond donors (Lipinski definition) is 0. The molecule has 1 atom stereocenters. The summed E-state index contributed by atoms with van der Waals surface area (Å²) >= 11 is 5.96. The van der Waals surface area contributed by atoms with Crippen LogP contribution in [-0.2, 0) is 11.3 Å². The second-order valence-electron chi connectivity index (χ2n) is 8.26. The smallest absolute Gasteiger partial charge is 0.222 e. The Morgan fingerprint density at radius 3 is 2.76 bits per heavy atom. The molecule has 1 saturated carbocycles. The summed E-state index contributed by atoms with van der Waals surface area (Å²) in [4.78, 5) is 17.3. The number of piperidine rings is 2. The van der Waals surface area contributed by atoms with Gasteiger partial charge in [-0.15, -0.1) is 0 Å². The molecule has 0 unspecified atom stereocenters. The standard InChI is InChI=1S/C19H29ClN4O/c20-16-12-21-23(13-16)11-10-22-9-3-7-19(14-22)8-6-18(25)24(15-19)17-4-1-2-5-17/h12-13,17H,1-11,14-15H2/t19-/m1/s1. The van der Waals surface area contributed by atoms with Gasteiger partial charge >= 0.3 is 0 Å². The zero-order valence-electron chi connectivity index (χ0n) is 15.0. The van der Waals surface area contributed by atoms with E-state index >= 15 is 0 Å². The van der Waals surface area contributed by atoms with Crippen molar-refractivity contribution >= 4 is 17.5 Å². The molecule has 1 spiro atoms. The van der Waals surface area contributed by atoms with Crippen molar-refractivity contribution in [2.24, 2.45) is 5.41 Å². The van der Waals surface area contributed by atoms with Gasteiger partial charge in [0, 0.05) is 43.7 Å². The SMILES string of the molecule is O=C1CC[C@@]2(CCCN(CCn3cc(Cl)cn3)C2)CN1C1CCCC1. The summed E-state index contributed by atoms with van der Waals surface area (Å²) in [5.74, 6) is 0.404. The first kappa shape index (κ1) is 17.3. The molecular weight excluding hydrogens is 336 g/mol. The number of halogens is 1. The molecule has 138 valence electrons. The molecule has 1 aromatic heterocycles. The van der Waals surface area contributed by atoms with Gasteiger partial charge < -0.3 is 9.80 Å². The Morgan fingerprint density at radius 1 is 1.16 bits per heavy atom. The summed E-state index contributed by atoms with van der Waals surface area (Å²) in [5.41, 5.74) is 0.316. The van der Waals surface area contributed by atoms with E-state index in [0.29, 0.717) is 22.4 Å². The number of hydrogen-bond acceptors (Lipinski definition) is 3. The first-order chi connectivity index (χ1) is 12.1. The molecule has 0 radical (unpaired) electrons. The molecule has 1 amide bonds. The zero-order chi connectivity index (χ0) is 17.3. The fourth-order valence-corrected chi connectivity index (χ4v) is 5.29. The van der Waals surface area contributed by atoms with E-state index in [4.69, 9.17) is 11.6 Å². The van der Waals surface area contributed by atoms with Gasteiger partial charge in [0.1, 0.15) is 0 Å². The third kappa shape index (κ3) is 3.87. The van der Waals surface area contributed by atoms with Crippen LogP contribution in [0.3, 0.4) is 0 Å². The van der Waals surface area contributed by atoms with Crippen molar-refractivity contribution < 1.29 is 4.79 Å². The van der Waals surface area contributed by atoms with E-state index in [2.05, 4.69) is 14.9 Å². The lowest BCUT2D eigenvalue weighted by atomic mass is 9.73. The van der Waals surface area contributed by atoms with E-state index < -0.39 is 0 Å². The molecule has 0 aromatic carbocycles. The Balaban J connectivity index is 1.38. The van der Waals surface area contributed by atoms with Gasteiger partial charge in [0.2, 0.25) is 5.91 Å². The molecular formula is C19H29ClN4O. The van der Waals surface area contributed by atoms with Crippen LogP contribution >= 0.6 is 11.6 Å². The van der Waals surface area contributed by atoms with Gasteiger partial charge in [0.25, 0.3) is 0 Å². The maximum atomic E-state index is 12.5. The topological polar surface area (TPSA) is 41.4 Å². The lowest BCUT2D eigenvalue weighted by molar-refractivity contribution is -0.142. The highest BCUT2D eigenvalue weighted by atomic mass is 35.5. The number of rotatable bonds is 4. The summed E-state index contributed by atoms with van der Waals surface area (Å²) in [5, 5.41) is 4.99. The maximum absolute atomic E-state index is 12.5. The average Bonchev–Trinajstić information content (AvgIpc) is 3.28. The van der Waals surface area contributed by atoms with E-state index in [0.717, 1.165) is 45.6 Å². The predicted octanol–water partition coefficient (Wildman–Crippen LogP) is 3.18. The van der Waals surface area contributed by atoms with E-state index in [-0.39, 0.29) is 0 Å². The Morgan fingerprint density at radius 2 is 2.00 bits per heavy atom. The maximum Gasteiger partial charge on any atom is 0.222 e. The lowest BCUT2D eigenvalue weighted by Gasteiger charge is -2.49. The van der Waals surface area contributed by atoms with Crippen molar-refractivity contribution in [3.05, 3.63) is 17.4 Å². The van der Waals surface area contributed by atoms with Crippen molar-refractivity contribution in [1.82, 2.24) is 19.6 Å². The molecule has 1 aromatic rings. The summed E-state index contributed by atoms with van der Waals surface area (Å²) in [6.07, 6.45) is 12.9. The fraction of sp³-hybridized carbons (Fsp3) is 0.789. The van der Waals surface area contributed by atoms with Gasteiger partial charge in [-0.2, -0.15) is 5.10 Å². The van der Waals surface area contributed by atoms with Crippen molar-refractivity contribution in [2.75, 3.05) is 26.2 Å². The molecule has 25 heavy (non-hydrogen) atoms. The van der Waals surface area contributed by atoms with Crippen LogP contribution in [0, 0.1) is 5.41 Å². The highest BCUT2D eigenvalue weighted by Gasteiger charge is 2.43. The molecule has 2 saturated heterocycles. The molecule has 1 aliphatic carbocycles. The Labute approximate surface area is 155 Å². The van der Waals surface area contributed by atoms with Crippen LogP contribution in [-0.4, -0.2) is 57.7 Å². The molecule has 5 nitrogen and oxygen atoms in total. The van der Waals surface area contributed by atoms with Crippen LogP contribution in [0.15, 0.2) is 12.4 Å². The van der Waals surface area contributed by atoms with E-state index in [1.807, 2.05) is 10.9 Å². The van der Waals surface area contributed by atoms with Gasteiger partial charge in [-0.1, -0.05) is 24.4 Å². The highest BCUT2D eigenvalue weighted by Crippen LogP contribution is 2.41. The molecule has 0 N–H and O–H groups in total. The molecule has 0 bridgehead atoms. The normalized spacial score (nSPS) is 29.0. The Bertz CT molecular complexity index is 612. The first-order valence-corrected chi connectivity index (χ1v) is 10.2. The van der Waals surface area contributed by atoms with E-state index in [1.54, 1.807) is 6.20 Å². The number of aromatic nitrogens is 2.